The number of sulfone groups is 1. The molecule has 38 heavy (non-hydrogen) atoms. The van der Waals surface area contributed by atoms with Crippen molar-refractivity contribution in [1.29, 1.82) is 0 Å². The zero-order valence-corrected chi connectivity index (χ0v) is 24.6. The van der Waals surface area contributed by atoms with Gasteiger partial charge in [-0.25, -0.2) is 13.2 Å². The molecule has 0 saturated carbocycles. The summed E-state index contributed by atoms with van der Waals surface area (Å²) in [6, 6.07) is 7.46. The number of ether oxygens (including phenoxy) is 1. The molecular weight excluding hydrogens is 551 g/mol. The van der Waals surface area contributed by atoms with E-state index < -0.39 is 21.3 Å². The molecule has 9 nitrogen and oxygen atoms in total. The summed E-state index contributed by atoms with van der Waals surface area (Å²) >= 11 is 12.7. The largest absolute Gasteiger partial charge is 0.444 e. The number of nitrogens with zero attached hydrogens (tertiary/aromatic N) is 3. The number of nitrogens with two attached hydrogens (primary N) is 1. The van der Waals surface area contributed by atoms with Crippen LogP contribution in [-0.4, -0.2) is 74.8 Å². The van der Waals surface area contributed by atoms with Crippen LogP contribution < -0.4 is 10.6 Å². The summed E-state index contributed by atoms with van der Waals surface area (Å²) in [4.78, 5) is 30.7. The molecule has 1 saturated heterocycles. The predicted molar refractivity (Wildman–Crippen MR) is 151 cm³/mol. The van der Waals surface area contributed by atoms with Crippen molar-refractivity contribution in [3.8, 4) is 0 Å². The van der Waals surface area contributed by atoms with Gasteiger partial charge in [0.15, 0.2) is 9.84 Å². The van der Waals surface area contributed by atoms with Crippen molar-refractivity contribution in [2.24, 2.45) is 0 Å². The molecule has 0 unspecified atom stereocenters. The number of hydrogen-bond acceptors (Lipinski definition) is 7. The smallest absolute Gasteiger partial charge is 0.410 e. The Morgan fingerprint density at radius 2 is 1.71 bits per heavy atom. The summed E-state index contributed by atoms with van der Waals surface area (Å²) in [6.45, 7) is 9.82. The van der Waals surface area contributed by atoms with Gasteiger partial charge < -0.3 is 20.3 Å². The van der Waals surface area contributed by atoms with E-state index in [1.807, 2.05) is 20.8 Å². The van der Waals surface area contributed by atoms with E-state index in [-0.39, 0.29) is 33.7 Å². The SMILES string of the molecule is CCS(=O)(=O)c1ccc(Cl)cc1N(C)C(=O)c1cc(Cl)c(CN2CCN(C(=O)OC(C)(C)C)CC2)cc1N. The van der Waals surface area contributed by atoms with E-state index in [1.54, 1.807) is 11.0 Å². The highest BCUT2D eigenvalue weighted by molar-refractivity contribution is 7.91. The minimum Gasteiger partial charge on any atom is -0.444 e. The zero-order valence-electron chi connectivity index (χ0n) is 22.3. The standard InChI is InChI=1S/C26H34Cl2N4O5S/c1-6-38(35,36)23-8-7-18(27)14-22(23)30(5)24(33)19-15-20(28)17(13-21(19)29)16-31-9-11-32(12-10-31)25(34)37-26(2,3)4/h7-8,13-15H,6,9-12,16,29H2,1-5H3. The van der Waals surface area contributed by atoms with Crippen molar-refractivity contribution < 1.29 is 22.7 Å². The summed E-state index contributed by atoms with van der Waals surface area (Å²) in [7, 11) is -2.15. The van der Waals surface area contributed by atoms with Crippen LogP contribution >= 0.6 is 23.2 Å². The Labute approximate surface area is 234 Å². The van der Waals surface area contributed by atoms with Gasteiger partial charge in [0, 0.05) is 55.5 Å². The third-order valence-electron chi connectivity index (χ3n) is 6.17. The second-order valence-corrected chi connectivity index (χ2v) is 13.2. The van der Waals surface area contributed by atoms with E-state index in [0.717, 1.165) is 5.56 Å². The first-order valence-corrected chi connectivity index (χ1v) is 14.6. The highest BCUT2D eigenvalue weighted by atomic mass is 35.5. The molecule has 2 N–H and O–H groups in total. The van der Waals surface area contributed by atoms with Crippen LogP contribution in [0.25, 0.3) is 0 Å². The first-order chi connectivity index (χ1) is 17.6. The number of nitrogen functional groups attached to an aromatic ring is 1. The highest BCUT2D eigenvalue weighted by Gasteiger charge is 2.28. The number of amides is 2. The lowest BCUT2D eigenvalue weighted by molar-refractivity contribution is 0.0139. The van der Waals surface area contributed by atoms with Crippen LogP contribution in [0.2, 0.25) is 10.0 Å². The maximum absolute atomic E-state index is 13.4. The minimum atomic E-state index is -3.61. The third kappa shape index (κ3) is 7.11. The zero-order chi connectivity index (χ0) is 28.4. The van der Waals surface area contributed by atoms with Crippen molar-refractivity contribution in [3.63, 3.8) is 0 Å². The molecule has 2 aromatic rings. The predicted octanol–water partition coefficient (Wildman–Crippen LogP) is 4.70. The van der Waals surface area contributed by atoms with Gasteiger partial charge in [0.05, 0.1) is 21.9 Å². The average molecular weight is 586 g/mol. The summed E-state index contributed by atoms with van der Waals surface area (Å²) < 4.78 is 30.7. The fourth-order valence-corrected chi connectivity index (χ4v) is 5.55. The van der Waals surface area contributed by atoms with Gasteiger partial charge in [0.2, 0.25) is 0 Å². The average Bonchev–Trinajstić information content (AvgIpc) is 2.84. The molecule has 12 heteroatoms. The topological polar surface area (TPSA) is 113 Å². The van der Waals surface area contributed by atoms with Crippen molar-refractivity contribution >= 4 is 56.4 Å². The molecule has 2 aromatic carbocycles. The van der Waals surface area contributed by atoms with Gasteiger partial charge in [-0.2, -0.15) is 0 Å². The van der Waals surface area contributed by atoms with Gasteiger partial charge in [0.25, 0.3) is 5.91 Å². The third-order valence-corrected chi connectivity index (χ3v) is 8.53. The molecule has 1 aliphatic heterocycles. The number of anilines is 2. The van der Waals surface area contributed by atoms with Crippen LogP contribution in [0.1, 0.15) is 43.6 Å². The van der Waals surface area contributed by atoms with E-state index in [2.05, 4.69) is 4.90 Å². The number of benzene rings is 2. The number of hydrogen-bond donors (Lipinski definition) is 1. The second kappa shape index (κ2) is 11.7. The number of rotatable bonds is 6. The molecule has 1 heterocycles. The maximum Gasteiger partial charge on any atom is 0.410 e. The lowest BCUT2D eigenvalue weighted by Gasteiger charge is -2.35. The van der Waals surface area contributed by atoms with Gasteiger partial charge in [-0.1, -0.05) is 30.1 Å². The lowest BCUT2D eigenvalue weighted by Crippen LogP contribution is -2.49. The monoisotopic (exact) mass is 584 g/mol. The first-order valence-electron chi connectivity index (χ1n) is 12.2. The summed E-state index contributed by atoms with van der Waals surface area (Å²) in [6.07, 6.45) is -0.332. The first kappa shape index (κ1) is 30.0. The van der Waals surface area contributed by atoms with Gasteiger partial charge in [-0.3, -0.25) is 9.69 Å². The normalized spacial score (nSPS) is 14.9. The molecule has 0 aliphatic carbocycles. The molecule has 0 radical (unpaired) electrons. The fraction of sp³-hybridized carbons (Fsp3) is 0.462. The fourth-order valence-electron chi connectivity index (χ4n) is 4.06. The van der Waals surface area contributed by atoms with Gasteiger partial charge in [0.1, 0.15) is 5.60 Å². The molecule has 2 amide bonds. The molecule has 0 spiro atoms. The molecule has 0 bridgehead atoms. The van der Waals surface area contributed by atoms with Gasteiger partial charge >= 0.3 is 6.09 Å². The van der Waals surface area contributed by atoms with Crippen molar-refractivity contribution in [1.82, 2.24) is 9.80 Å². The van der Waals surface area contributed by atoms with Crippen molar-refractivity contribution in [2.45, 2.75) is 44.7 Å². The minimum absolute atomic E-state index is 0.00654. The molecule has 0 aromatic heterocycles. The van der Waals surface area contributed by atoms with Crippen LogP contribution in [-0.2, 0) is 21.1 Å². The number of halogens is 2. The molecule has 3 rings (SSSR count). The quantitative estimate of drug-likeness (QED) is 0.489. The Morgan fingerprint density at radius 3 is 2.29 bits per heavy atom. The number of piperazine rings is 1. The Hall–Kier alpha value is -2.53. The second-order valence-electron chi connectivity index (χ2n) is 10.2. The molecular formula is C26H34Cl2N4O5S. The van der Waals surface area contributed by atoms with E-state index in [0.29, 0.717) is 42.8 Å². The molecule has 1 fully saturated rings. The van der Waals surface area contributed by atoms with Gasteiger partial charge in [-0.15, -0.1) is 0 Å². The Kier molecular flexibility index (Phi) is 9.24. The van der Waals surface area contributed by atoms with E-state index in [9.17, 15) is 18.0 Å². The van der Waals surface area contributed by atoms with Crippen molar-refractivity contribution in [2.75, 3.05) is 49.6 Å². The Balaban J connectivity index is 1.76. The van der Waals surface area contributed by atoms with E-state index >= 15 is 0 Å². The maximum atomic E-state index is 13.4. The van der Waals surface area contributed by atoms with E-state index in [4.69, 9.17) is 33.7 Å². The van der Waals surface area contributed by atoms with Crippen LogP contribution in [0.4, 0.5) is 16.2 Å². The Bertz CT molecular complexity index is 1320. The molecule has 1 aliphatic rings. The lowest BCUT2D eigenvalue weighted by atomic mass is 10.1. The molecule has 0 atom stereocenters. The molecule has 208 valence electrons. The van der Waals surface area contributed by atoms with Crippen LogP contribution in [0, 0.1) is 0 Å². The van der Waals surface area contributed by atoms with E-state index in [1.165, 1.54) is 43.1 Å². The highest BCUT2D eigenvalue weighted by Crippen LogP contribution is 2.32. The van der Waals surface area contributed by atoms with Crippen molar-refractivity contribution in [3.05, 3.63) is 51.5 Å². The summed E-state index contributed by atoms with van der Waals surface area (Å²) in [5, 5.41) is 0.654. The van der Waals surface area contributed by atoms with Gasteiger partial charge in [-0.05, 0) is 56.7 Å². The van der Waals surface area contributed by atoms with Crippen LogP contribution in [0.3, 0.4) is 0 Å². The van der Waals surface area contributed by atoms with Crippen LogP contribution in [0.5, 0.6) is 0 Å². The Morgan fingerprint density at radius 1 is 1.08 bits per heavy atom. The number of carbonyl (C=O) groups excluding carboxylic acids is 2. The number of carbonyl (C=O) groups is 2. The summed E-state index contributed by atoms with van der Waals surface area (Å²) in [5.41, 5.74) is 6.99. The van der Waals surface area contributed by atoms with Crippen LogP contribution in [0.15, 0.2) is 35.2 Å². The summed E-state index contributed by atoms with van der Waals surface area (Å²) in [5.74, 6) is -0.644.